The maximum absolute atomic E-state index is 11.4. The monoisotopic (exact) mass is 268 g/mol. The zero-order valence-corrected chi connectivity index (χ0v) is 12.3. The molecule has 0 amide bonds. The van der Waals surface area contributed by atoms with Gasteiger partial charge in [0.1, 0.15) is 5.54 Å². The van der Waals surface area contributed by atoms with E-state index in [1.165, 1.54) is 25.8 Å². The smallest absolute Gasteiger partial charge is 0.323 e. The van der Waals surface area contributed by atoms with Crippen molar-refractivity contribution in [2.45, 2.75) is 63.5 Å². The summed E-state index contributed by atoms with van der Waals surface area (Å²) in [6, 6.07) is 0.439. The van der Waals surface area contributed by atoms with Crippen molar-refractivity contribution in [2.24, 2.45) is 5.92 Å². The Hall–Kier alpha value is -0.610. The van der Waals surface area contributed by atoms with E-state index in [0.29, 0.717) is 12.5 Å². The van der Waals surface area contributed by atoms with Crippen LogP contribution in [0, 0.1) is 5.92 Å². The molecule has 0 aromatic rings. The lowest BCUT2D eigenvalue weighted by Gasteiger charge is -2.31. The summed E-state index contributed by atoms with van der Waals surface area (Å²) in [6.45, 7) is 4.02. The van der Waals surface area contributed by atoms with Gasteiger partial charge in [0.15, 0.2) is 0 Å². The quantitative estimate of drug-likeness (QED) is 0.672. The first-order chi connectivity index (χ1) is 8.99. The standard InChI is InChI=1S/C15H28N2O2/c1-15(14(18)19,16-13-7-8-13)9-4-10-17(2)11-12-5-3-6-12/h12-13,16H,3-11H2,1-2H3,(H,18,19). The van der Waals surface area contributed by atoms with Crippen LogP contribution in [-0.2, 0) is 4.79 Å². The van der Waals surface area contributed by atoms with Crippen molar-refractivity contribution in [1.29, 1.82) is 0 Å². The second-order valence-corrected chi connectivity index (χ2v) is 6.72. The summed E-state index contributed by atoms with van der Waals surface area (Å²) < 4.78 is 0. The second kappa shape index (κ2) is 6.23. The molecule has 1 atom stereocenters. The third kappa shape index (κ3) is 4.46. The molecule has 4 heteroatoms. The van der Waals surface area contributed by atoms with Crippen LogP contribution in [0.5, 0.6) is 0 Å². The van der Waals surface area contributed by atoms with Gasteiger partial charge in [-0.3, -0.25) is 10.1 Å². The highest BCUT2D eigenvalue weighted by atomic mass is 16.4. The maximum Gasteiger partial charge on any atom is 0.323 e. The molecule has 0 radical (unpaired) electrons. The van der Waals surface area contributed by atoms with Crippen molar-refractivity contribution in [3.05, 3.63) is 0 Å². The van der Waals surface area contributed by atoms with Gasteiger partial charge in [0, 0.05) is 12.6 Å². The number of hydrogen-bond donors (Lipinski definition) is 2. The van der Waals surface area contributed by atoms with Crippen LogP contribution in [0.1, 0.15) is 51.9 Å². The van der Waals surface area contributed by atoms with Gasteiger partial charge in [-0.15, -0.1) is 0 Å². The third-order valence-electron chi connectivity index (χ3n) is 4.58. The van der Waals surface area contributed by atoms with E-state index >= 15 is 0 Å². The molecule has 2 saturated carbocycles. The van der Waals surface area contributed by atoms with Gasteiger partial charge >= 0.3 is 5.97 Å². The summed E-state index contributed by atoms with van der Waals surface area (Å²) >= 11 is 0. The van der Waals surface area contributed by atoms with Gasteiger partial charge in [-0.25, -0.2) is 0 Å². The van der Waals surface area contributed by atoms with Crippen molar-refractivity contribution >= 4 is 5.97 Å². The summed E-state index contributed by atoms with van der Waals surface area (Å²) in [4.78, 5) is 13.8. The first kappa shape index (κ1) is 14.8. The third-order valence-corrected chi connectivity index (χ3v) is 4.58. The molecule has 0 bridgehead atoms. The Morgan fingerprint density at radius 1 is 1.37 bits per heavy atom. The molecule has 19 heavy (non-hydrogen) atoms. The van der Waals surface area contributed by atoms with Crippen LogP contribution < -0.4 is 5.32 Å². The molecule has 110 valence electrons. The van der Waals surface area contributed by atoms with Gasteiger partial charge in [0.05, 0.1) is 0 Å². The predicted molar refractivity (Wildman–Crippen MR) is 76.3 cm³/mol. The minimum Gasteiger partial charge on any atom is -0.480 e. The SMILES string of the molecule is CN(CCCC(C)(NC1CC1)C(=O)O)CC1CCC1. The fourth-order valence-electron chi connectivity index (χ4n) is 2.83. The van der Waals surface area contributed by atoms with Gasteiger partial charge in [-0.2, -0.15) is 0 Å². The molecule has 0 heterocycles. The van der Waals surface area contributed by atoms with Gasteiger partial charge < -0.3 is 10.0 Å². The lowest BCUT2D eigenvalue weighted by Crippen LogP contribution is -2.50. The lowest BCUT2D eigenvalue weighted by atomic mass is 9.85. The Morgan fingerprint density at radius 3 is 2.53 bits per heavy atom. The van der Waals surface area contributed by atoms with Crippen LogP contribution in [-0.4, -0.2) is 47.7 Å². The van der Waals surface area contributed by atoms with Crippen LogP contribution in [0.2, 0.25) is 0 Å². The van der Waals surface area contributed by atoms with Crippen molar-refractivity contribution in [3.8, 4) is 0 Å². The van der Waals surface area contributed by atoms with E-state index in [1.807, 2.05) is 6.92 Å². The van der Waals surface area contributed by atoms with Crippen molar-refractivity contribution < 1.29 is 9.90 Å². The summed E-state index contributed by atoms with van der Waals surface area (Å²) in [5.74, 6) is 0.182. The molecule has 0 aromatic carbocycles. The lowest BCUT2D eigenvalue weighted by molar-refractivity contribution is -0.144. The second-order valence-electron chi connectivity index (χ2n) is 6.72. The van der Waals surface area contributed by atoms with Gasteiger partial charge in [0.25, 0.3) is 0 Å². The molecular formula is C15H28N2O2. The molecule has 2 fully saturated rings. The molecule has 1 unspecified atom stereocenters. The van der Waals surface area contributed by atoms with Crippen LogP contribution in [0.4, 0.5) is 0 Å². The molecule has 2 N–H and O–H groups in total. The van der Waals surface area contributed by atoms with E-state index in [9.17, 15) is 9.90 Å². The number of aliphatic carboxylic acids is 1. The van der Waals surface area contributed by atoms with Crippen LogP contribution in [0.3, 0.4) is 0 Å². The van der Waals surface area contributed by atoms with E-state index in [1.54, 1.807) is 0 Å². The molecule has 4 nitrogen and oxygen atoms in total. The largest absolute Gasteiger partial charge is 0.480 e. The van der Waals surface area contributed by atoms with E-state index < -0.39 is 11.5 Å². The minimum atomic E-state index is -0.738. The highest BCUT2D eigenvalue weighted by molar-refractivity contribution is 5.78. The normalized spacial score (nSPS) is 23.1. The van der Waals surface area contributed by atoms with Gasteiger partial charge in [-0.1, -0.05) is 6.42 Å². The number of rotatable bonds is 9. The van der Waals surface area contributed by atoms with Crippen LogP contribution in [0.15, 0.2) is 0 Å². The molecule has 2 aliphatic rings. The molecule has 2 aliphatic carbocycles. The van der Waals surface area contributed by atoms with E-state index in [0.717, 1.165) is 31.7 Å². The Kier molecular flexibility index (Phi) is 4.85. The number of nitrogens with one attached hydrogen (secondary N) is 1. The van der Waals surface area contributed by atoms with E-state index in [4.69, 9.17) is 0 Å². The Labute approximate surface area is 116 Å². The Balaban J connectivity index is 1.67. The summed E-state index contributed by atoms with van der Waals surface area (Å²) in [7, 11) is 2.16. The number of nitrogens with zero attached hydrogens (tertiary/aromatic N) is 1. The van der Waals surface area contributed by atoms with E-state index in [2.05, 4.69) is 17.3 Å². The highest BCUT2D eigenvalue weighted by Gasteiger charge is 2.37. The summed E-state index contributed by atoms with van der Waals surface area (Å²) in [5, 5.41) is 12.7. The maximum atomic E-state index is 11.4. The fraction of sp³-hybridized carbons (Fsp3) is 0.933. The molecule has 0 spiro atoms. The Bertz CT molecular complexity index is 313. The molecule has 0 saturated heterocycles. The summed E-state index contributed by atoms with van der Waals surface area (Å²) in [5.41, 5.74) is -0.738. The Morgan fingerprint density at radius 2 is 2.05 bits per heavy atom. The van der Waals surface area contributed by atoms with E-state index in [-0.39, 0.29) is 0 Å². The minimum absolute atomic E-state index is 0.439. The average molecular weight is 268 g/mol. The zero-order valence-electron chi connectivity index (χ0n) is 12.3. The van der Waals surface area contributed by atoms with Gasteiger partial charge in [0.2, 0.25) is 0 Å². The number of carbonyl (C=O) groups is 1. The average Bonchev–Trinajstić information content (AvgIpc) is 3.07. The van der Waals surface area contributed by atoms with Gasteiger partial charge in [-0.05, 0) is 65.0 Å². The molecular weight excluding hydrogens is 240 g/mol. The fourth-order valence-corrected chi connectivity index (χ4v) is 2.83. The highest BCUT2D eigenvalue weighted by Crippen LogP contribution is 2.27. The molecule has 2 rings (SSSR count). The van der Waals surface area contributed by atoms with Crippen molar-refractivity contribution in [3.63, 3.8) is 0 Å². The number of carboxylic acids is 1. The summed E-state index contributed by atoms with van der Waals surface area (Å²) in [6.07, 6.45) is 8.07. The van der Waals surface area contributed by atoms with Crippen molar-refractivity contribution in [2.75, 3.05) is 20.1 Å². The topological polar surface area (TPSA) is 52.6 Å². The van der Waals surface area contributed by atoms with Crippen LogP contribution in [0.25, 0.3) is 0 Å². The number of hydrogen-bond acceptors (Lipinski definition) is 3. The first-order valence-corrected chi connectivity index (χ1v) is 7.69. The molecule has 0 aromatic heterocycles. The predicted octanol–water partition coefficient (Wildman–Crippen LogP) is 2.09. The first-order valence-electron chi connectivity index (χ1n) is 7.69. The van der Waals surface area contributed by atoms with Crippen molar-refractivity contribution in [1.82, 2.24) is 10.2 Å². The zero-order chi connectivity index (χ0) is 13.9. The van der Waals surface area contributed by atoms with Crippen LogP contribution >= 0.6 is 0 Å². The number of carboxylic acid groups (broad SMARTS) is 1. The molecule has 0 aliphatic heterocycles.